The van der Waals surface area contributed by atoms with E-state index in [1.807, 2.05) is 6.92 Å². The van der Waals surface area contributed by atoms with Gasteiger partial charge in [-0.1, -0.05) is 0 Å². The van der Waals surface area contributed by atoms with Crippen LogP contribution in [0.2, 0.25) is 0 Å². The Morgan fingerprint density at radius 3 is 2.22 bits per heavy atom. The summed E-state index contributed by atoms with van der Waals surface area (Å²) in [6.45, 7) is 6.22. The predicted octanol–water partition coefficient (Wildman–Crippen LogP) is -0.119. The third-order valence-corrected chi connectivity index (χ3v) is 1.99. The van der Waals surface area contributed by atoms with Crippen molar-refractivity contribution in [2.45, 2.75) is 32.9 Å². The fourth-order valence-electron chi connectivity index (χ4n) is 1.07. The summed E-state index contributed by atoms with van der Waals surface area (Å²) in [5.74, 6) is 1.06. The van der Waals surface area contributed by atoms with Crippen molar-refractivity contribution in [3.8, 4) is 0 Å². The summed E-state index contributed by atoms with van der Waals surface area (Å²) in [6.07, 6.45) is 0. The highest BCUT2D eigenvalue weighted by atomic mass is 15.2. The fourth-order valence-corrected chi connectivity index (χ4v) is 1.07. The molecule has 0 aromatic carbocycles. The van der Waals surface area contributed by atoms with Crippen molar-refractivity contribution in [1.29, 1.82) is 0 Å². The molecular formula is C6H12BN2+. The quantitative estimate of drug-likeness (QED) is 0.444. The molecule has 0 saturated heterocycles. The monoisotopic (exact) mass is 123 g/mol. The van der Waals surface area contributed by atoms with E-state index in [1.165, 1.54) is 0 Å². The molecule has 0 spiro atoms. The number of hydrogen-bond donors (Lipinski definition) is 1. The van der Waals surface area contributed by atoms with Crippen LogP contribution in [0.5, 0.6) is 0 Å². The van der Waals surface area contributed by atoms with Crippen molar-refractivity contribution < 1.29 is 4.49 Å². The van der Waals surface area contributed by atoms with Crippen molar-refractivity contribution in [3.05, 3.63) is 0 Å². The van der Waals surface area contributed by atoms with Crippen LogP contribution in [-0.4, -0.2) is 30.4 Å². The van der Waals surface area contributed by atoms with Crippen molar-refractivity contribution >= 4 is 13.8 Å². The second kappa shape index (κ2) is 2.05. The molecule has 1 aliphatic rings. The first-order valence-corrected chi connectivity index (χ1v) is 3.27. The molecule has 0 saturated carbocycles. The molecule has 0 amide bonds. The molecule has 1 rings (SSSR count). The molecule has 0 aromatic heterocycles. The van der Waals surface area contributed by atoms with Crippen molar-refractivity contribution in [1.82, 2.24) is 5.32 Å². The summed E-state index contributed by atoms with van der Waals surface area (Å²) in [4.78, 5) is 0. The van der Waals surface area contributed by atoms with Gasteiger partial charge in [-0.25, -0.2) is 0 Å². The molecule has 0 fully saturated rings. The smallest absolute Gasteiger partial charge is 0.328 e. The maximum Gasteiger partial charge on any atom is 0.403 e. The molecule has 2 unspecified atom stereocenters. The fraction of sp³-hybridized carbons (Fsp3) is 0.833. The average Bonchev–Trinajstić information content (AvgIpc) is 1.98. The normalized spacial score (nSPS) is 35.0. The van der Waals surface area contributed by atoms with Crippen LogP contribution in [0.1, 0.15) is 20.8 Å². The predicted molar refractivity (Wildman–Crippen MR) is 38.8 cm³/mol. The van der Waals surface area contributed by atoms with E-state index in [2.05, 4.69) is 19.2 Å². The van der Waals surface area contributed by atoms with E-state index in [4.69, 9.17) is 7.98 Å². The molecule has 1 N–H and O–H groups in total. The third kappa shape index (κ3) is 0.957. The van der Waals surface area contributed by atoms with Crippen molar-refractivity contribution in [3.63, 3.8) is 0 Å². The molecule has 2 radical (unpaired) electrons. The number of nitrogens with zero attached hydrogens (tertiary/aromatic N) is 1. The minimum absolute atomic E-state index is 0.421. The number of amidine groups is 1. The zero-order valence-electron chi connectivity index (χ0n) is 6.18. The average molecular weight is 123 g/mol. The van der Waals surface area contributed by atoms with Gasteiger partial charge < -0.3 is 4.49 Å². The van der Waals surface area contributed by atoms with E-state index in [0.29, 0.717) is 12.1 Å². The van der Waals surface area contributed by atoms with Crippen LogP contribution in [0.15, 0.2) is 0 Å². The number of nitrogens with one attached hydrogen (secondary N) is 1. The van der Waals surface area contributed by atoms with Gasteiger partial charge in [-0.15, -0.1) is 0 Å². The van der Waals surface area contributed by atoms with Crippen molar-refractivity contribution in [2.75, 3.05) is 0 Å². The first-order valence-electron chi connectivity index (χ1n) is 3.27. The van der Waals surface area contributed by atoms with Crippen LogP contribution in [-0.2, 0) is 0 Å². The Bertz CT molecular complexity index is 153. The lowest BCUT2D eigenvalue weighted by molar-refractivity contribution is -0.410. The minimum atomic E-state index is 0.421. The van der Waals surface area contributed by atoms with E-state index >= 15 is 0 Å². The van der Waals surface area contributed by atoms with E-state index < -0.39 is 0 Å². The highest BCUT2D eigenvalue weighted by molar-refractivity contribution is 6.00. The van der Waals surface area contributed by atoms with Crippen LogP contribution < -0.4 is 5.32 Å². The van der Waals surface area contributed by atoms with E-state index in [-0.39, 0.29) is 0 Å². The lowest BCUT2D eigenvalue weighted by Crippen LogP contribution is -2.30. The molecule has 0 bridgehead atoms. The van der Waals surface area contributed by atoms with Gasteiger partial charge in [-0.05, 0) is 13.8 Å². The van der Waals surface area contributed by atoms with Gasteiger partial charge in [0, 0.05) is 6.92 Å². The van der Waals surface area contributed by atoms with E-state index in [9.17, 15) is 0 Å². The van der Waals surface area contributed by atoms with Gasteiger partial charge >= 0.3 is 7.98 Å². The van der Waals surface area contributed by atoms with Gasteiger partial charge in [0.2, 0.25) is 5.84 Å². The Morgan fingerprint density at radius 1 is 1.56 bits per heavy atom. The summed E-state index contributed by atoms with van der Waals surface area (Å²) < 4.78 is 1.77. The molecule has 1 aliphatic heterocycles. The summed E-state index contributed by atoms with van der Waals surface area (Å²) >= 11 is 0. The van der Waals surface area contributed by atoms with Crippen LogP contribution >= 0.6 is 0 Å². The highest BCUT2D eigenvalue weighted by Gasteiger charge is 2.28. The maximum atomic E-state index is 5.65. The lowest BCUT2D eigenvalue weighted by Gasteiger charge is -2.04. The first kappa shape index (κ1) is 6.65. The molecular weight excluding hydrogens is 111 g/mol. The summed E-state index contributed by atoms with van der Waals surface area (Å²) in [6, 6.07) is 0.903. The SMILES string of the molecule is [B][N+]1=C(C)NC(C)C1C. The number of rotatable bonds is 0. The Morgan fingerprint density at radius 2 is 2.11 bits per heavy atom. The zero-order valence-corrected chi connectivity index (χ0v) is 6.18. The Hall–Kier alpha value is -0.465. The Kier molecular flexibility index (Phi) is 1.51. The topological polar surface area (TPSA) is 15.0 Å². The van der Waals surface area contributed by atoms with E-state index in [0.717, 1.165) is 5.84 Å². The highest BCUT2D eigenvalue weighted by Crippen LogP contribution is 2.02. The molecule has 0 aliphatic carbocycles. The van der Waals surface area contributed by atoms with Gasteiger partial charge in [0.25, 0.3) is 0 Å². The summed E-state index contributed by atoms with van der Waals surface area (Å²) in [5.41, 5.74) is 0. The van der Waals surface area contributed by atoms with Gasteiger partial charge in [0.15, 0.2) is 0 Å². The molecule has 9 heavy (non-hydrogen) atoms. The second-order valence-corrected chi connectivity index (χ2v) is 2.67. The Labute approximate surface area is 57.4 Å². The molecule has 3 heteroatoms. The van der Waals surface area contributed by atoms with Crippen LogP contribution in [0, 0.1) is 0 Å². The molecule has 2 nitrogen and oxygen atoms in total. The largest absolute Gasteiger partial charge is 0.403 e. The molecule has 1 heterocycles. The minimum Gasteiger partial charge on any atom is -0.328 e. The Balaban J connectivity index is 2.74. The molecule has 48 valence electrons. The standard InChI is InChI=1S/C6H12BN2/c1-4-5(2)9(7)6(3)8-4/h4-5,8H,1-3H3/q+1. The van der Waals surface area contributed by atoms with E-state index in [1.54, 1.807) is 4.49 Å². The lowest BCUT2D eigenvalue weighted by atomic mass is 10.1. The third-order valence-electron chi connectivity index (χ3n) is 1.99. The first-order chi connectivity index (χ1) is 4.13. The summed E-state index contributed by atoms with van der Waals surface area (Å²) in [5, 5.41) is 3.23. The van der Waals surface area contributed by atoms with Crippen LogP contribution in [0.25, 0.3) is 0 Å². The second-order valence-electron chi connectivity index (χ2n) is 2.67. The van der Waals surface area contributed by atoms with Crippen LogP contribution in [0.3, 0.4) is 0 Å². The molecule has 2 atom stereocenters. The van der Waals surface area contributed by atoms with Gasteiger partial charge in [-0.3, -0.25) is 5.32 Å². The van der Waals surface area contributed by atoms with Gasteiger partial charge in [0.1, 0.15) is 12.1 Å². The van der Waals surface area contributed by atoms with Crippen molar-refractivity contribution in [2.24, 2.45) is 0 Å². The van der Waals surface area contributed by atoms with Gasteiger partial charge in [-0.2, -0.15) is 0 Å². The van der Waals surface area contributed by atoms with Gasteiger partial charge in [0.05, 0.1) is 0 Å². The zero-order chi connectivity index (χ0) is 7.02. The number of hydrogen-bond acceptors (Lipinski definition) is 1. The summed E-state index contributed by atoms with van der Waals surface area (Å²) in [7, 11) is 5.65. The molecule has 0 aromatic rings. The maximum absolute atomic E-state index is 5.65. The van der Waals surface area contributed by atoms with Crippen LogP contribution in [0.4, 0.5) is 0 Å².